The summed E-state index contributed by atoms with van der Waals surface area (Å²) in [5.41, 5.74) is 0.834. The van der Waals surface area contributed by atoms with E-state index in [4.69, 9.17) is 4.74 Å². The van der Waals surface area contributed by atoms with Gasteiger partial charge in [0.2, 0.25) is 0 Å². The Morgan fingerprint density at radius 2 is 1.73 bits per heavy atom. The molecule has 0 aliphatic carbocycles. The zero-order valence-electron chi connectivity index (χ0n) is 8.89. The van der Waals surface area contributed by atoms with Crippen LogP contribution in [0.2, 0.25) is 0 Å². The van der Waals surface area contributed by atoms with Gasteiger partial charge < -0.3 is 9.84 Å². The number of hydrogen-bond acceptors (Lipinski definition) is 2. The van der Waals surface area contributed by atoms with Gasteiger partial charge in [0.1, 0.15) is 5.75 Å². The zero-order valence-corrected chi connectivity index (χ0v) is 8.89. The van der Waals surface area contributed by atoms with Crippen LogP contribution in [-0.4, -0.2) is 12.2 Å². The molecule has 2 heteroatoms. The predicted molar refractivity (Wildman–Crippen MR) is 61.8 cm³/mol. The molecular formula is C13H16O2. The fourth-order valence-electron chi connectivity index (χ4n) is 1.38. The molecule has 1 unspecified atom stereocenters. The third-order valence-corrected chi connectivity index (χ3v) is 2.37. The molecule has 0 aromatic heterocycles. The quantitative estimate of drug-likeness (QED) is 0.747. The normalized spacial score (nSPS) is 12.2. The smallest absolute Gasteiger partial charge is 0.118 e. The van der Waals surface area contributed by atoms with Crippen LogP contribution in [0.25, 0.3) is 0 Å². The number of benzene rings is 1. The molecule has 15 heavy (non-hydrogen) atoms. The number of rotatable bonds is 5. The van der Waals surface area contributed by atoms with Crippen molar-refractivity contribution in [1.82, 2.24) is 0 Å². The molecule has 1 aromatic rings. The molecule has 1 N–H and O–H groups in total. The highest BCUT2D eigenvalue weighted by molar-refractivity contribution is 5.29. The largest absolute Gasteiger partial charge is 0.497 e. The summed E-state index contributed by atoms with van der Waals surface area (Å²) in [4.78, 5) is 0. The summed E-state index contributed by atoms with van der Waals surface area (Å²) >= 11 is 0. The molecule has 0 saturated heterocycles. The van der Waals surface area contributed by atoms with E-state index in [-0.39, 0.29) is 5.92 Å². The van der Waals surface area contributed by atoms with Crippen LogP contribution in [0.4, 0.5) is 0 Å². The highest BCUT2D eigenvalue weighted by Gasteiger charge is 2.14. The Morgan fingerprint density at radius 3 is 2.13 bits per heavy atom. The number of aliphatic hydroxyl groups excluding tert-OH is 1. The summed E-state index contributed by atoms with van der Waals surface area (Å²) in [6, 6.07) is 7.32. The second kappa shape index (κ2) is 5.37. The fourth-order valence-corrected chi connectivity index (χ4v) is 1.38. The lowest BCUT2D eigenvalue weighted by molar-refractivity contribution is 0.151. The number of hydrogen-bond donors (Lipinski definition) is 1. The topological polar surface area (TPSA) is 29.5 Å². The standard InChI is InChI=1S/C13H16O2/c1-4-10(5-2)13(14)11-6-8-12(15-3)9-7-11/h4-10,13-14H,1-2H2,3H3. The SMILES string of the molecule is C=CC(C=C)C(O)c1ccc(OC)cc1. The van der Waals surface area contributed by atoms with Crippen LogP contribution in [0.15, 0.2) is 49.6 Å². The average Bonchev–Trinajstić information content (AvgIpc) is 2.30. The van der Waals surface area contributed by atoms with Crippen molar-refractivity contribution in [3.05, 3.63) is 55.1 Å². The Labute approximate surface area is 90.5 Å². The first-order valence-corrected chi connectivity index (χ1v) is 4.80. The van der Waals surface area contributed by atoms with E-state index in [1.165, 1.54) is 0 Å². The molecule has 1 atom stereocenters. The minimum Gasteiger partial charge on any atom is -0.497 e. The van der Waals surface area contributed by atoms with E-state index in [0.29, 0.717) is 0 Å². The second-order valence-electron chi connectivity index (χ2n) is 3.27. The molecule has 80 valence electrons. The first kappa shape index (κ1) is 11.5. The molecule has 0 spiro atoms. The van der Waals surface area contributed by atoms with Crippen LogP contribution in [-0.2, 0) is 0 Å². The third-order valence-electron chi connectivity index (χ3n) is 2.37. The van der Waals surface area contributed by atoms with Crippen LogP contribution in [0.3, 0.4) is 0 Å². The number of ether oxygens (including phenoxy) is 1. The molecule has 0 amide bonds. The van der Waals surface area contributed by atoms with Crippen LogP contribution in [0, 0.1) is 5.92 Å². The lowest BCUT2D eigenvalue weighted by Gasteiger charge is -2.16. The zero-order chi connectivity index (χ0) is 11.3. The Bertz CT molecular complexity index is 319. The summed E-state index contributed by atoms with van der Waals surface area (Å²) in [6.07, 6.45) is 2.77. The number of methoxy groups -OCH3 is 1. The lowest BCUT2D eigenvalue weighted by atomic mass is 9.96. The van der Waals surface area contributed by atoms with Crippen LogP contribution in [0.5, 0.6) is 5.75 Å². The number of aliphatic hydroxyl groups is 1. The highest BCUT2D eigenvalue weighted by Crippen LogP contribution is 2.25. The van der Waals surface area contributed by atoms with Crippen molar-refractivity contribution in [2.75, 3.05) is 7.11 Å². The van der Waals surface area contributed by atoms with E-state index in [2.05, 4.69) is 13.2 Å². The van der Waals surface area contributed by atoms with Crippen LogP contribution >= 0.6 is 0 Å². The van der Waals surface area contributed by atoms with Gasteiger partial charge in [-0.2, -0.15) is 0 Å². The van der Waals surface area contributed by atoms with E-state index in [9.17, 15) is 5.11 Å². The van der Waals surface area contributed by atoms with Gasteiger partial charge >= 0.3 is 0 Å². The van der Waals surface area contributed by atoms with Crippen LogP contribution in [0.1, 0.15) is 11.7 Å². The molecule has 1 rings (SSSR count). The lowest BCUT2D eigenvalue weighted by Crippen LogP contribution is -2.07. The van der Waals surface area contributed by atoms with Gasteiger partial charge in [0.25, 0.3) is 0 Å². The van der Waals surface area contributed by atoms with Crippen molar-refractivity contribution in [2.24, 2.45) is 5.92 Å². The van der Waals surface area contributed by atoms with Gasteiger partial charge in [0, 0.05) is 5.92 Å². The summed E-state index contributed by atoms with van der Waals surface area (Å²) in [7, 11) is 1.61. The Morgan fingerprint density at radius 1 is 1.20 bits per heavy atom. The van der Waals surface area contributed by atoms with Crippen molar-refractivity contribution in [2.45, 2.75) is 6.10 Å². The minimum absolute atomic E-state index is 0.126. The molecule has 1 aromatic carbocycles. The maximum Gasteiger partial charge on any atom is 0.118 e. The molecule has 0 fully saturated rings. The summed E-state index contributed by atoms with van der Waals surface area (Å²) in [5.74, 6) is 0.651. The molecule has 0 aliphatic rings. The average molecular weight is 204 g/mol. The van der Waals surface area contributed by atoms with E-state index < -0.39 is 6.10 Å². The second-order valence-corrected chi connectivity index (χ2v) is 3.27. The Hall–Kier alpha value is -1.54. The molecule has 0 heterocycles. The minimum atomic E-state index is -0.592. The molecule has 0 bridgehead atoms. The van der Waals surface area contributed by atoms with Crippen molar-refractivity contribution >= 4 is 0 Å². The molecular weight excluding hydrogens is 188 g/mol. The summed E-state index contributed by atoms with van der Waals surface area (Å²) in [5, 5.41) is 9.96. The predicted octanol–water partition coefficient (Wildman–Crippen LogP) is 2.72. The Kier molecular flexibility index (Phi) is 4.13. The van der Waals surface area contributed by atoms with Crippen molar-refractivity contribution in [1.29, 1.82) is 0 Å². The first-order valence-electron chi connectivity index (χ1n) is 4.80. The third kappa shape index (κ3) is 2.70. The van der Waals surface area contributed by atoms with E-state index in [0.717, 1.165) is 11.3 Å². The molecule has 2 nitrogen and oxygen atoms in total. The molecule has 0 saturated carbocycles. The van der Waals surface area contributed by atoms with Gasteiger partial charge in [-0.3, -0.25) is 0 Å². The van der Waals surface area contributed by atoms with Gasteiger partial charge in [0.15, 0.2) is 0 Å². The summed E-state index contributed by atoms with van der Waals surface area (Å²) in [6.45, 7) is 7.31. The highest BCUT2D eigenvalue weighted by atomic mass is 16.5. The molecule has 0 aliphatic heterocycles. The van der Waals surface area contributed by atoms with Crippen LogP contribution < -0.4 is 4.74 Å². The van der Waals surface area contributed by atoms with Crippen molar-refractivity contribution in [3.63, 3.8) is 0 Å². The van der Waals surface area contributed by atoms with Crippen molar-refractivity contribution < 1.29 is 9.84 Å². The Balaban J connectivity index is 2.85. The molecule has 0 radical (unpaired) electrons. The van der Waals surface area contributed by atoms with E-state index in [1.807, 2.05) is 24.3 Å². The van der Waals surface area contributed by atoms with Gasteiger partial charge in [-0.25, -0.2) is 0 Å². The van der Waals surface area contributed by atoms with Gasteiger partial charge in [0.05, 0.1) is 13.2 Å². The monoisotopic (exact) mass is 204 g/mol. The first-order chi connectivity index (χ1) is 7.22. The fraction of sp³-hybridized carbons (Fsp3) is 0.231. The van der Waals surface area contributed by atoms with Gasteiger partial charge in [-0.15, -0.1) is 13.2 Å². The van der Waals surface area contributed by atoms with Gasteiger partial charge in [-0.05, 0) is 17.7 Å². The van der Waals surface area contributed by atoms with E-state index >= 15 is 0 Å². The maximum atomic E-state index is 9.96. The summed E-state index contributed by atoms with van der Waals surface area (Å²) < 4.78 is 5.04. The van der Waals surface area contributed by atoms with Crippen molar-refractivity contribution in [3.8, 4) is 5.75 Å². The maximum absolute atomic E-state index is 9.96. The van der Waals surface area contributed by atoms with E-state index in [1.54, 1.807) is 19.3 Å². The van der Waals surface area contributed by atoms with Gasteiger partial charge in [-0.1, -0.05) is 24.3 Å².